The molecule has 2 N–H and O–H groups in total. The summed E-state index contributed by atoms with van der Waals surface area (Å²) in [6.45, 7) is 9.63. The second kappa shape index (κ2) is 11.6. The van der Waals surface area contributed by atoms with E-state index in [0.717, 1.165) is 0 Å². The molecule has 4 rings (SSSR count). The summed E-state index contributed by atoms with van der Waals surface area (Å²) in [5.41, 5.74) is 2.27. The number of ether oxygens (including phenoxy) is 1. The summed E-state index contributed by atoms with van der Waals surface area (Å²) in [6, 6.07) is 7.92. The zero-order valence-electron chi connectivity index (χ0n) is 19.4. The Balaban J connectivity index is 0.00000149. The molecule has 1 atom stereocenters. The lowest BCUT2D eigenvalue weighted by molar-refractivity contribution is 0.0757. The van der Waals surface area contributed by atoms with E-state index in [1.54, 1.807) is 30.5 Å². The molecule has 3 heterocycles. The third kappa shape index (κ3) is 5.77. The molecule has 0 aliphatic carbocycles. The quantitative estimate of drug-likeness (QED) is 0.582. The standard InChI is InChI=1S/C23H24FN5O2.C2H6/c1-14(2)22-27-11-15(12-28-22)23(30)29-20-17(16-5-3-4-6-18(16)24)7-8-26-21(20)19-13-31-10-9-25-19;1-2/h3-8,11-12,14,19,25H,9-10,13H2,1-2H3,(H,29,30);1-2H3. The molecule has 1 aliphatic rings. The van der Waals surface area contributed by atoms with Crippen molar-refractivity contribution in [2.75, 3.05) is 25.1 Å². The highest BCUT2D eigenvalue weighted by Gasteiger charge is 2.25. The first-order chi connectivity index (χ1) is 16.0. The molecule has 3 aromatic rings. The van der Waals surface area contributed by atoms with Crippen LogP contribution in [-0.2, 0) is 4.74 Å². The Bertz CT molecular complexity index is 1070. The number of rotatable bonds is 5. The summed E-state index contributed by atoms with van der Waals surface area (Å²) in [7, 11) is 0. The van der Waals surface area contributed by atoms with E-state index < -0.39 is 0 Å². The smallest absolute Gasteiger partial charge is 0.258 e. The maximum atomic E-state index is 14.6. The number of benzene rings is 1. The molecule has 174 valence electrons. The SMILES string of the molecule is CC.CC(C)c1ncc(C(=O)Nc2c(-c3ccccc3F)ccnc2C2COCCN2)cn1. The van der Waals surface area contributed by atoms with Crippen molar-refractivity contribution in [1.82, 2.24) is 20.3 Å². The van der Waals surface area contributed by atoms with Crippen LogP contribution in [0.4, 0.5) is 10.1 Å². The highest BCUT2D eigenvalue weighted by Crippen LogP contribution is 2.35. The van der Waals surface area contributed by atoms with Crippen molar-refractivity contribution < 1.29 is 13.9 Å². The largest absolute Gasteiger partial charge is 0.378 e. The van der Waals surface area contributed by atoms with Crippen molar-refractivity contribution in [3.05, 3.63) is 71.8 Å². The second-order valence-corrected chi connectivity index (χ2v) is 7.62. The van der Waals surface area contributed by atoms with Gasteiger partial charge in [-0.1, -0.05) is 45.9 Å². The van der Waals surface area contributed by atoms with Gasteiger partial charge in [-0.3, -0.25) is 9.78 Å². The maximum absolute atomic E-state index is 14.6. The van der Waals surface area contributed by atoms with Gasteiger partial charge in [-0.15, -0.1) is 0 Å². The van der Waals surface area contributed by atoms with Crippen molar-refractivity contribution in [3.8, 4) is 11.1 Å². The zero-order valence-corrected chi connectivity index (χ0v) is 19.4. The number of anilines is 1. The van der Waals surface area contributed by atoms with Gasteiger partial charge < -0.3 is 15.4 Å². The van der Waals surface area contributed by atoms with Gasteiger partial charge in [0.1, 0.15) is 11.6 Å². The maximum Gasteiger partial charge on any atom is 0.258 e. The van der Waals surface area contributed by atoms with Crippen LogP contribution in [0.2, 0.25) is 0 Å². The summed E-state index contributed by atoms with van der Waals surface area (Å²) >= 11 is 0. The molecule has 8 heteroatoms. The van der Waals surface area contributed by atoms with E-state index in [1.807, 2.05) is 27.7 Å². The summed E-state index contributed by atoms with van der Waals surface area (Å²) in [5.74, 6) is 0.0489. The number of pyridine rings is 1. The number of amides is 1. The van der Waals surface area contributed by atoms with E-state index in [0.29, 0.717) is 53.7 Å². The number of aromatic nitrogens is 3. The monoisotopic (exact) mass is 451 g/mol. The third-order valence-electron chi connectivity index (χ3n) is 5.08. The molecular formula is C25H30FN5O2. The Morgan fingerprint density at radius 2 is 1.85 bits per heavy atom. The van der Waals surface area contributed by atoms with Crippen molar-refractivity contribution in [2.24, 2.45) is 0 Å². The minimum Gasteiger partial charge on any atom is -0.378 e. The Morgan fingerprint density at radius 3 is 2.48 bits per heavy atom. The number of nitrogens with zero attached hydrogens (tertiary/aromatic N) is 3. The molecule has 2 aromatic heterocycles. The van der Waals surface area contributed by atoms with Crippen molar-refractivity contribution in [2.45, 2.75) is 39.7 Å². The summed E-state index contributed by atoms with van der Waals surface area (Å²) in [4.78, 5) is 26.1. The van der Waals surface area contributed by atoms with Crippen molar-refractivity contribution in [1.29, 1.82) is 0 Å². The number of hydrogen-bond donors (Lipinski definition) is 2. The molecule has 1 saturated heterocycles. The Hall–Kier alpha value is -3.23. The molecular weight excluding hydrogens is 421 g/mol. The highest BCUT2D eigenvalue weighted by atomic mass is 19.1. The molecule has 0 radical (unpaired) electrons. The third-order valence-corrected chi connectivity index (χ3v) is 5.08. The van der Waals surface area contributed by atoms with E-state index in [9.17, 15) is 9.18 Å². The second-order valence-electron chi connectivity index (χ2n) is 7.62. The first-order valence-corrected chi connectivity index (χ1v) is 11.2. The number of carbonyl (C=O) groups excluding carboxylic acids is 1. The van der Waals surface area contributed by atoms with Crippen LogP contribution in [0.15, 0.2) is 48.9 Å². The van der Waals surface area contributed by atoms with Gasteiger partial charge in [0.15, 0.2) is 0 Å². The normalized spacial score (nSPS) is 15.5. The fraction of sp³-hybridized carbons (Fsp3) is 0.360. The molecule has 1 amide bonds. The molecule has 7 nitrogen and oxygen atoms in total. The number of halogens is 1. The zero-order chi connectivity index (χ0) is 23.8. The summed E-state index contributed by atoms with van der Waals surface area (Å²) < 4.78 is 20.2. The van der Waals surface area contributed by atoms with Gasteiger partial charge in [0.25, 0.3) is 5.91 Å². The predicted molar refractivity (Wildman–Crippen MR) is 127 cm³/mol. The topological polar surface area (TPSA) is 89.0 Å². The predicted octanol–water partition coefficient (Wildman–Crippen LogP) is 4.74. The first kappa shape index (κ1) is 24.4. The number of morpholine rings is 1. The molecule has 1 fully saturated rings. The minimum atomic E-state index is -0.390. The molecule has 1 unspecified atom stereocenters. The number of nitrogens with one attached hydrogen (secondary N) is 2. The Kier molecular flexibility index (Phi) is 8.57. The molecule has 33 heavy (non-hydrogen) atoms. The molecule has 0 bridgehead atoms. The van der Waals surface area contributed by atoms with E-state index in [1.165, 1.54) is 18.5 Å². The van der Waals surface area contributed by atoms with Gasteiger partial charge in [0, 0.05) is 42.2 Å². The molecule has 0 saturated carbocycles. The van der Waals surface area contributed by atoms with Gasteiger partial charge in [0.05, 0.1) is 36.2 Å². The van der Waals surface area contributed by atoms with Gasteiger partial charge in [0.2, 0.25) is 0 Å². The molecule has 0 spiro atoms. The van der Waals surface area contributed by atoms with Gasteiger partial charge in [-0.2, -0.15) is 0 Å². The fourth-order valence-corrected chi connectivity index (χ4v) is 3.46. The van der Waals surface area contributed by atoms with E-state index in [4.69, 9.17) is 4.74 Å². The highest BCUT2D eigenvalue weighted by molar-refractivity contribution is 6.06. The lowest BCUT2D eigenvalue weighted by Gasteiger charge is -2.26. The lowest BCUT2D eigenvalue weighted by atomic mass is 10.00. The van der Waals surface area contributed by atoms with Gasteiger partial charge in [-0.25, -0.2) is 14.4 Å². The van der Waals surface area contributed by atoms with Crippen molar-refractivity contribution >= 4 is 11.6 Å². The number of carbonyl (C=O) groups is 1. The van der Waals surface area contributed by atoms with E-state index in [2.05, 4.69) is 25.6 Å². The average molecular weight is 452 g/mol. The van der Waals surface area contributed by atoms with Crippen LogP contribution in [-0.4, -0.2) is 40.6 Å². The van der Waals surface area contributed by atoms with Crippen LogP contribution in [0.3, 0.4) is 0 Å². The fourth-order valence-electron chi connectivity index (χ4n) is 3.46. The molecule has 1 aliphatic heterocycles. The lowest BCUT2D eigenvalue weighted by Crippen LogP contribution is -2.35. The molecule has 1 aromatic carbocycles. The first-order valence-electron chi connectivity index (χ1n) is 11.2. The Labute approximate surface area is 193 Å². The average Bonchev–Trinajstić information content (AvgIpc) is 2.86. The summed E-state index contributed by atoms with van der Waals surface area (Å²) in [6.07, 6.45) is 4.61. The van der Waals surface area contributed by atoms with Crippen LogP contribution >= 0.6 is 0 Å². The number of hydrogen-bond acceptors (Lipinski definition) is 6. The van der Waals surface area contributed by atoms with Crippen LogP contribution < -0.4 is 10.6 Å². The van der Waals surface area contributed by atoms with Crippen LogP contribution in [0.5, 0.6) is 0 Å². The van der Waals surface area contributed by atoms with Crippen LogP contribution in [0.1, 0.15) is 61.5 Å². The van der Waals surface area contributed by atoms with Gasteiger partial charge >= 0.3 is 0 Å². The van der Waals surface area contributed by atoms with E-state index >= 15 is 0 Å². The van der Waals surface area contributed by atoms with Crippen LogP contribution in [0.25, 0.3) is 11.1 Å². The Morgan fingerprint density at radius 1 is 1.12 bits per heavy atom. The van der Waals surface area contributed by atoms with Crippen molar-refractivity contribution in [3.63, 3.8) is 0 Å². The van der Waals surface area contributed by atoms with E-state index in [-0.39, 0.29) is 23.7 Å². The van der Waals surface area contributed by atoms with Crippen LogP contribution in [0, 0.1) is 5.82 Å². The van der Waals surface area contributed by atoms with Gasteiger partial charge in [-0.05, 0) is 12.1 Å². The minimum absolute atomic E-state index is 0.159. The summed E-state index contributed by atoms with van der Waals surface area (Å²) in [5, 5.41) is 6.27.